The summed E-state index contributed by atoms with van der Waals surface area (Å²) in [4.78, 5) is 25.2. The fraction of sp³-hybridized carbons (Fsp3) is 0.706. The number of carbonyl (C=O) groups excluding carboxylic acids is 1. The summed E-state index contributed by atoms with van der Waals surface area (Å²) in [6, 6.07) is 0. The highest BCUT2D eigenvalue weighted by Gasteiger charge is 2.42. The van der Waals surface area contributed by atoms with Crippen LogP contribution in [-0.2, 0) is 9.53 Å². The van der Waals surface area contributed by atoms with Gasteiger partial charge in [0.15, 0.2) is 5.75 Å². The van der Waals surface area contributed by atoms with Gasteiger partial charge in [0.05, 0.1) is 26.1 Å². The van der Waals surface area contributed by atoms with Crippen LogP contribution in [0.5, 0.6) is 5.75 Å². The van der Waals surface area contributed by atoms with E-state index in [1.165, 1.54) is 0 Å². The molecule has 7 heteroatoms. The van der Waals surface area contributed by atoms with E-state index in [1.807, 2.05) is 4.90 Å². The van der Waals surface area contributed by atoms with Crippen LogP contribution in [0.15, 0.2) is 12.4 Å². The summed E-state index contributed by atoms with van der Waals surface area (Å²) >= 11 is 0. The zero-order valence-electron chi connectivity index (χ0n) is 14.5. The van der Waals surface area contributed by atoms with Crippen molar-refractivity contribution >= 4 is 11.9 Å². The minimum Gasteiger partial charge on any atom is -0.494 e. The summed E-state index contributed by atoms with van der Waals surface area (Å²) in [7, 11) is 3.29. The predicted molar refractivity (Wildman–Crippen MR) is 90.2 cm³/mol. The summed E-state index contributed by atoms with van der Waals surface area (Å²) in [5.41, 5.74) is 0.142. The number of hydrogen-bond donors (Lipinski definition) is 0. The van der Waals surface area contributed by atoms with E-state index in [-0.39, 0.29) is 11.3 Å². The lowest BCUT2D eigenvalue weighted by atomic mass is 9.73. The van der Waals surface area contributed by atoms with Crippen molar-refractivity contribution in [2.45, 2.75) is 25.7 Å². The van der Waals surface area contributed by atoms with Crippen molar-refractivity contribution in [1.82, 2.24) is 14.9 Å². The van der Waals surface area contributed by atoms with Crippen LogP contribution in [0.1, 0.15) is 25.7 Å². The molecule has 0 aromatic carbocycles. The van der Waals surface area contributed by atoms with Gasteiger partial charge < -0.3 is 19.3 Å². The third-order valence-electron chi connectivity index (χ3n) is 5.11. The lowest BCUT2D eigenvalue weighted by molar-refractivity contribution is -0.138. The molecule has 2 fully saturated rings. The Morgan fingerprint density at radius 1 is 1.21 bits per heavy atom. The maximum absolute atomic E-state index is 12.2. The number of amides is 1. The van der Waals surface area contributed by atoms with Gasteiger partial charge in [-0.05, 0) is 19.3 Å². The Kier molecular flexibility index (Phi) is 5.18. The normalized spacial score (nSPS) is 24.5. The summed E-state index contributed by atoms with van der Waals surface area (Å²) in [5, 5.41) is 0. The number of piperidine rings is 2. The van der Waals surface area contributed by atoms with Gasteiger partial charge in [0, 0.05) is 45.1 Å². The Labute approximate surface area is 143 Å². The van der Waals surface area contributed by atoms with Gasteiger partial charge in [-0.15, -0.1) is 0 Å². The molecule has 1 spiro atoms. The van der Waals surface area contributed by atoms with Crippen molar-refractivity contribution in [2.24, 2.45) is 5.41 Å². The molecule has 24 heavy (non-hydrogen) atoms. The second-order valence-corrected chi connectivity index (χ2v) is 6.76. The maximum atomic E-state index is 12.2. The first-order valence-corrected chi connectivity index (χ1v) is 8.53. The second-order valence-electron chi connectivity index (χ2n) is 6.76. The molecule has 0 aliphatic carbocycles. The first kappa shape index (κ1) is 17.0. The molecule has 1 amide bonds. The summed E-state index contributed by atoms with van der Waals surface area (Å²) in [6.07, 6.45) is 7.24. The van der Waals surface area contributed by atoms with Crippen LogP contribution in [0.3, 0.4) is 0 Å². The zero-order chi connectivity index (χ0) is 17.0. The van der Waals surface area contributed by atoms with E-state index >= 15 is 0 Å². The molecule has 0 saturated carbocycles. The molecule has 132 valence electrons. The molecule has 1 aromatic heterocycles. The quantitative estimate of drug-likeness (QED) is 0.809. The molecule has 0 N–H and O–H groups in total. The first-order valence-electron chi connectivity index (χ1n) is 8.53. The van der Waals surface area contributed by atoms with Gasteiger partial charge in [-0.2, -0.15) is 0 Å². The van der Waals surface area contributed by atoms with Crippen molar-refractivity contribution in [3.63, 3.8) is 0 Å². The average molecular weight is 334 g/mol. The van der Waals surface area contributed by atoms with Gasteiger partial charge >= 0.3 is 0 Å². The number of methoxy groups -OCH3 is 2. The predicted octanol–water partition coefficient (Wildman–Crippen LogP) is 1.34. The molecular weight excluding hydrogens is 308 g/mol. The van der Waals surface area contributed by atoms with Crippen LogP contribution in [-0.4, -0.2) is 67.8 Å². The molecule has 2 aliphatic rings. The lowest BCUT2D eigenvalue weighted by Crippen LogP contribution is -2.54. The minimum absolute atomic E-state index is 0.142. The molecule has 1 atom stereocenters. The summed E-state index contributed by atoms with van der Waals surface area (Å²) < 4.78 is 10.3. The van der Waals surface area contributed by atoms with E-state index in [9.17, 15) is 4.79 Å². The van der Waals surface area contributed by atoms with Crippen LogP contribution in [0.2, 0.25) is 0 Å². The fourth-order valence-electron chi connectivity index (χ4n) is 3.80. The molecule has 1 aromatic rings. The van der Waals surface area contributed by atoms with E-state index in [4.69, 9.17) is 9.47 Å². The molecule has 0 unspecified atom stereocenters. The van der Waals surface area contributed by atoms with Gasteiger partial charge in [0.25, 0.3) is 0 Å². The van der Waals surface area contributed by atoms with Crippen molar-refractivity contribution < 1.29 is 14.3 Å². The molecule has 0 bridgehead atoms. The molecule has 2 aliphatic heterocycles. The zero-order valence-corrected chi connectivity index (χ0v) is 14.5. The lowest BCUT2D eigenvalue weighted by Gasteiger charge is -2.48. The Morgan fingerprint density at radius 3 is 2.71 bits per heavy atom. The molecule has 3 heterocycles. The van der Waals surface area contributed by atoms with Gasteiger partial charge in [-0.1, -0.05) is 0 Å². The third-order valence-corrected chi connectivity index (χ3v) is 5.11. The number of likely N-dealkylation sites (tertiary alicyclic amines) is 1. The van der Waals surface area contributed by atoms with Crippen molar-refractivity contribution in [1.29, 1.82) is 0 Å². The average Bonchev–Trinajstić information content (AvgIpc) is 2.63. The first-order chi connectivity index (χ1) is 11.7. The van der Waals surface area contributed by atoms with Gasteiger partial charge in [0.1, 0.15) is 0 Å². The number of rotatable bonds is 5. The Morgan fingerprint density at radius 2 is 2.00 bits per heavy atom. The molecule has 0 radical (unpaired) electrons. The molecule has 2 saturated heterocycles. The van der Waals surface area contributed by atoms with Crippen LogP contribution in [0, 0.1) is 5.41 Å². The Hall–Kier alpha value is -1.89. The number of carbonyl (C=O) groups is 1. The van der Waals surface area contributed by atoms with Crippen LogP contribution >= 0.6 is 0 Å². The van der Waals surface area contributed by atoms with Crippen LogP contribution in [0.25, 0.3) is 0 Å². The van der Waals surface area contributed by atoms with E-state index in [0.717, 1.165) is 44.8 Å². The van der Waals surface area contributed by atoms with Crippen LogP contribution < -0.4 is 9.64 Å². The highest BCUT2D eigenvalue weighted by molar-refractivity contribution is 5.77. The van der Waals surface area contributed by atoms with Crippen molar-refractivity contribution in [3.8, 4) is 5.75 Å². The second kappa shape index (κ2) is 7.34. The highest BCUT2D eigenvalue weighted by atomic mass is 16.5. The molecule has 7 nitrogen and oxygen atoms in total. The number of anilines is 1. The van der Waals surface area contributed by atoms with E-state index < -0.39 is 0 Å². The van der Waals surface area contributed by atoms with Gasteiger partial charge in [-0.3, -0.25) is 4.79 Å². The SMILES string of the molecule is COCCN1C[C@@]2(CCCN(c3ncc(OC)cn3)C2)CCC1=O. The number of nitrogens with zero attached hydrogens (tertiary/aromatic N) is 4. The Bertz CT molecular complexity index is 565. The van der Waals surface area contributed by atoms with Gasteiger partial charge in [-0.25, -0.2) is 9.97 Å². The summed E-state index contributed by atoms with van der Waals surface area (Å²) in [5.74, 6) is 1.66. The van der Waals surface area contributed by atoms with Crippen molar-refractivity contribution in [2.75, 3.05) is 51.9 Å². The smallest absolute Gasteiger partial charge is 0.225 e. The largest absolute Gasteiger partial charge is 0.494 e. The van der Waals surface area contributed by atoms with E-state index in [1.54, 1.807) is 26.6 Å². The highest BCUT2D eigenvalue weighted by Crippen LogP contribution is 2.39. The fourth-order valence-corrected chi connectivity index (χ4v) is 3.80. The van der Waals surface area contributed by atoms with Gasteiger partial charge in [0.2, 0.25) is 11.9 Å². The topological polar surface area (TPSA) is 67.8 Å². The summed E-state index contributed by atoms with van der Waals surface area (Å²) in [6.45, 7) is 3.93. The third kappa shape index (κ3) is 3.61. The number of hydrogen-bond acceptors (Lipinski definition) is 6. The van der Waals surface area contributed by atoms with E-state index in [2.05, 4.69) is 14.9 Å². The standard InChI is InChI=1S/C17H26N4O3/c1-23-9-8-20-12-17(6-4-15(20)22)5-3-7-21(13-17)16-18-10-14(24-2)11-19-16/h10-11H,3-9,12-13H2,1-2H3/t17-/m1/s1. The molecular formula is C17H26N4O3. The minimum atomic E-state index is 0.142. The van der Waals surface area contributed by atoms with Crippen LogP contribution in [0.4, 0.5) is 5.95 Å². The van der Waals surface area contributed by atoms with Crippen molar-refractivity contribution in [3.05, 3.63) is 12.4 Å². The molecule has 3 rings (SSSR count). The maximum Gasteiger partial charge on any atom is 0.225 e. The monoisotopic (exact) mass is 334 g/mol. The number of ether oxygens (including phenoxy) is 2. The Balaban J connectivity index is 1.70. The van der Waals surface area contributed by atoms with E-state index in [0.29, 0.717) is 25.3 Å². The number of aromatic nitrogens is 2.